The van der Waals surface area contributed by atoms with Crippen LogP contribution in [0.1, 0.15) is 30.8 Å². The molecule has 104 valence electrons. The average Bonchev–Trinajstić information content (AvgIpc) is 2.95. The quantitative estimate of drug-likeness (QED) is 0.637. The largest absolute Gasteiger partial charge is 0.391 e. The molecule has 19 heavy (non-hydrogen) atoms. The zero-order valence-electron chi connectivity index (χ0n) is 11.1. The van der Waals surface area contributed by atoms with E-state index in [4.69, 9.17) is 5.73 Å². The molecule has 0 bridgehead atoms. The predicted molar refractivity (Wildman–Crippen MR) is 74.1 cm³/mol. The van der Waals surface area contributed by atoms with E-state index in [0.717, 1.165) is 43.0 Å². The van der Waals surface area contributed by atoms with Gasteiger partial charge in [-0.15, -0.1) is 0 Å². The number of aromatic amines is 1. The number of fused-ring (bicyclic) bond motifs is 1. The molecular weight excluding hydrogens is 242 g/mol. The van der Waals surface area contributed by atoms with Crippen molar-refractivity contribution in [2.75, 3.05) is 13.1 Å². The summed E-state index contributed by atoms with van der Waals surface area (Å²) in [6.07, 6.45) is 4.23. The van der Waals surface area contributed by atoms with Crippen LogP contribution in [0.5, 0.6) is 0 Å². The molecule has 3 heterocycles. The number of H-pyrrole nitrogens is 1. The van der Waals surface area contributed by atoms with E-state index in [1.165, 1.54) is 0 Å². The zero-order valence-corrected chi connectivity index (χ0v) is 11.1. The van der Waals surface area contributed by atoms with Crippen LogP contribution in [0.15, 0.2) is 11.2 Å². The first-order valence-corrected chi connectivity index (χ1v) is 6.83. The molecule has 3 unspecified atom stereocenters. The fourth-order valence-electron chi connectivity index (χ4n) is 2.96. The number of aromatic nitrogens is 1. The Morgan fingerprint density at radius 2 is 2.37 bits per heavy atom. The minimum absolute atomic E-state index is 0.202. The number of hydrogen-bond donors (Lipinski definition) is 4. The molecule has 0 spiro atoms. The summed E-state index contributed by atoms with van der Waals surface area (Å²) in [5, 5.41) is 12.9. The number of aliphatic hydroxyl groups is 1. The van der Waals surface area contributed by atoms with Gasteiger partial charge in [-0.1, -0.05) is 6.92 Å². The number of rotatable bonds is 3. The molecule has 2 aliphatic heterocycles. The van der Waals surface area contributed by atoms with Gasteiger partial charge in [-0.3, -0.25) is 4.90 Å². The lowest BCUT2D eigenvalue weighted by Gasteiger charge is -2.18. The molecule has 3 rings (SSSR count). The number of β-amino-alcohol motifs (C(OH)–C–C–N with tert-alkyl or cyclic N) is 1. The molecule has 5 N–H and O–H groups in total. The van der Waals surface area contributed by atoms with E-state index >= 15 is 0 Å². The van der Waals surface area contributed by atoms with Gasteiger partial charge in [0.05, 0.1) is 23.8 Å². The molecule has 2 aliphatic rings. The molecule has 6 heteroatoms. The molecule has 1 saturated heterocycles. The summed E-state index contributed by atoms with van der Waals surface area (Å²) in [5.41, 5.74) is 8.97. The van der Waals surface area contributed by atoms with Crippen molar-refractivity contribution in [3.63, 3.8) is 0 Å². The van der Waals surface area contributed by atoms with E-state index < -0.39 is 0 Å². The molecule has 0 amide bonds. The molecule has 1 fully saturated rings. The maximum atomic E-state index is 9.96. The Balaban J connectivity index is 1.74. The van der Waals surface area contributed by atoms with E-state index in [9.17, 15) is 5.11 Å². The second kappa shape index (κ2) is 4.96. The summed E-state index contributed by atoms with van der Waals surface area (Å²) in [6, 6.07) is 0. The van der Waals surface area contributed by atoms with Gasteiger partial charge in [0.15, 0.2) is 0 Å². The second-order valence-corrected chi connectivity index (χ2v) is 5.41. The van der Waals surface area contributed by atoms with Crippen LogP contribution in [-0.2, 0) is 6.54 Å². The number of nitrogens with zero attached hydrogens (tertiary/aromatic N) is 2. The van der Waals surface area contributed by atoms with Crippen molar-refractivity contribution < 1.29 is 5.11 Å². The smallest absolute Gasteiger partial charge is 0.119 e. The highest BCUT2D eigenvalue weighted by molar-refractivity contribution is 5.69. The number of nitrogens with one attached hydrogen (secondary N) is 2. The van der Waals surface area contributed by atoms with E-state index in [-0.39, 0.29) is 12.3 Å². The summed E-state index contributed by atoms with van der Waals surface area (Å²) in [7, 11) is 0. The van der Waals surface area contributed by atoms with E-state index in [1.54, 1.807) is 6.34 Å². The van der Waals surface area contributed by atoms with E-state index in [2.05, 4.69) is 27.1 Å². The third-order valence-corrected chi connectivity index (χ3v) is 4.12. The summed E-state index contributed by atoms with van der Waals surface area (Å²) in [4.78, 5) is 9.85. The van der Waals surface area contributed by atoms with Gasteiger partial charge < -0.3 is 21.1 Å². The van der Waals surface area contributed by atoms with Gasteiger partial charge in [0.2, 0.25) is 0 Å². The van der Waals surface area contributed by atoms with Gasteiger partial charge in [0.25, 0.3) is 0 Å². The van der Waals surface area contributed by atoms with Crippen LogP contribution in [0.4, 0.5) is 5.69 Å². The Kier molecular flexibility index (Phi) is 3.30. The first-order chi connectivity index (χ1) is 9.19. The van der Waals surface area contributed by atoms with Crippen molar-refractivity contribution >= 4 is 12.0 Å². The Morgan fingerprint density at radius 1 is 1.53 bits per heavy atom. The number of aliphatic hydroxyl groups excluding tert-OH is 1. The minimum Gasteiger partial charge on any atom is -0.391 e. The first-order valence-electron chi connectivity index (χ1n) is 6.83. The number of aliphatic imine (C=N–C) groups is 1. The fourth-order valence-corrected chi connectivity index (χ4v) is 2.96. The molecule has 3 atom stereocenters. The lowest BCUT2D eigenvalue weighted by atomic mass is 10.0. The normalized spacial score (nSPS) is 30.4. The number of nitrogens with two attached hydrogens (primary N) is 1. The SMILES string of the molecule is CCC1CN(Cc2c[nH]c3c2N=CNC3N)CC1O. The van der Waals surface area contributed by atoms with Crippen molar-refractivity contribution in [3.05, 3.63) is 17.5 Å². The molecular formula is C13H21N5O. The number of likely N-dealkylation sites (tertiary alicyclic amines) is 1. The van der Waals surface area contributed by atoms with Crippen LogP contribution >= 0.6 is 0 Å². The van der Waals surface area contributed by atoms with Crippen molar-refractivity contribution in [1.29, 1.82) is 0 Å². The van der Waals surface area contributed by atoms with Gasteiger partial charge in [0.1, 0.15) is 6.17 Å². The molecule has 1 aromatic heterocycles. The van der Waals surface area contributed by atoms with Gasteiger partial charge >= 0.3 is 0 Å². The van der Waals surface area contributed by atoms with Crippen molar-refractivity contribution in [2.24, 2.45) is 16.6 Å². The lowest BCUT2D eigenvalue weighted by Crippen LogP contribution is -2.30. The lowest BCUT2D eigenvalue weighted by molar-refractivity contribution is 0.139. The maximum absolute atomic E-state index is 9.96. The summed E-state index contributed by atoms with van der Waals surface area (Å²) in [5.74, 6) is 0.391. The topological polar surface area (TPSA) is 89.7 Å². The Morgan fingerprint density at radius 3 is 3.11 bits per heavy atom. The van der Waals surface area contributed by atoms with Gasteiger partial charge in [0, 0.05) is 31.4 Å². The third kappa shape index (κ3) is 2.27. The van der Waals surface area contributed by atoms with Crippen LogP contribution in [0.2, 0.25) is 0 Å². The van der Waals surface area contributed by atoms with Crippen molar-refractivity contribution in [1.82, 2.24) is 15.2 Å². The summed E-state index contributed by atoms with van der Waals surface area (Å²) in [6.45, 7) is 4.63. The first kappa shape index (κ1) is 12.7. The highest BCUT2D eigenvalue weighted by Crippen LogP contribution is 2.31. The van der Waals surface area contributed by atoms with Crippen LogP contribution in [0.25, 0.3) is 0 Å². The minimum atomic E-state index is -0.214. The highest BCUT2D eigenvalue weighted by Gasteiger charge is 2.30. The summed E-state index contributed by atoms with van der Waals surface area (Å²) >= 11 is 0. The Labute approximate surface area is 112 Å². The van der Waals surface area contributed by atoms with Crippen molar-refractivity contribution in [3.8, 4) is 0 Å². The highest BCUT2D eigenvalue weighted by atomic mass is 16.3. The molecule has 0 radical (unpaired) electrons. The average molecular weight is 263 g/mol. The van der Waals surface area contributed by atoms with E-state index in [0.29, 0.717) is 5.92 Å². The zero-order chi connectivity index (χ0) is 13.4. The van der Waals surface area contributed by atoms with Gasteiger partial charge in [-0.2, -0.15) is 0 Å². The predicted octanol–water partition coefficient (Wildman–Crippen LogP) is 0.438. The Bertz CT molecular complexity index is 483. The van der Waals surface area contributed by atoms with Crippen LogP contribution in [0.3, 0.4) is 0 Å². The maximum Gasteiger partial charge on any atom is 0.119 e. The third-order valence-electron chi connectivity index (χ3n) is 4.12. The second-order valence-electron chi connectivity index (χ2n) is 5.41. The molecule has 0 saturated carbocycles. The van der Waals surface area contributed by atoms with E-state index in [1.807, 2.05) is 6.20 Å². The molecule has 0 aliphatic carbocycles. The fraction of sp³-hybridized carbons (Fsp3) is 0.615. The number of hydrogen-bond acceptors (Lipinski definition) is 5. The van der Waals surface area contributed by atoms with Crippen LogP contribution < -0.4 is 11.1 Å². The van der Waals surface area contributed by atoms with Gasteiger partial charge in [-0.05, 0) is 12.3 Å². The molecule has 1 aromatic rings. The molecule has 6 nitrogen and oxygen atoms in total. The Hall–Kier alpha value is -1.37. The summed E-state index contributed by atoms with van der Waals surface area (Å²) < 4.78 is 0. The van der Waals surface area contributed by atoms with Crippen molar-refractivity contribution in [2.45, 2.75) is 32.2 Å². The van der Waals surface area contributed by atoms with Crippen LogP contribution in [-0.4, -0.2) is 40.5 Å². The van der Waals surface area contributed by atoms with Crippen LogP contribution in [0, 0.1) is 5.92 Å². The van der Waals surface area contributed by atoms with Gasteiger partial charge in [-0.25, -0.2) is 4.99 Å². The molecule has 0 aromatic carbocycles. The monoisotopic (exact) mass is 263 g/mol. The standard InChI is InChI=1S/C13H21N5O/c1-2-8-4-18(6-10(8)19)5-9-3-15-12-11(9)16-7-17-13(12)14/h3,7-8,10,13,15,19H,2,4-6,14H2,1H3,(H,16,17).